The Morgan fingerprint density at radius 2 is 1.89 bits per heavy atom. The van der Waals surface area contributed by atoms with Gasteiger partial charge in [0.15, 0.2) is 0 Å². The van der Waals surface area contributed by atoms with Crippen molar-refractivity contribution in [1.82, 2.24) is 20.2 Å². The smallest absolute Gasteiger partial charge is 0.453 e. The van der Waals surface area contributed by atoms with Gasteiger partial charge in [-0.3, -0.25) is 4.79 Å². The van der Waals surface area contributed by atoms with Gasteiger partial charge >= 0.3 is 12.1 Å². The van der Waals surface area contributed by atoms with E-state index < -0.39 is 29.9 Å². The number of aliphatic carboxylic acids is 1. The molecule has 9 heteroatoms. The van der Waals surface area contributed by atoms with Gasteiger partial charge in [0, 0.05) is 0 Å². The van der Waals surface area contributed by atoms with Crippen LogP contribution in [-0.2, 0) is 11.0 Å². The molecule has 1 N–H and O–H groups in total. The summed E-state index contributed by atoms with van der Waals surface area (Å²) in [6.45, 7) is 0. The van der Waals surface area contributed by atoms with Gasteiger partial charge in [-0.2, -0.15) is 13.2 Å². The van der Waals surface area contributed by atoms with Gasteiger partial charge in [-0.25, -0.2) is 4.68 Å². The van der Waals surface area contributed by atoms with Crippen LogP contribution < -0.4 is 0 Å². The fourth-order valence-corrected chi connectivity index (χ4v) is 2.19. The van der Waals surface area contributed by atoms with E-state index in [1.54, 1.807) is 0 Å². The number of rotatable bonds is 2. The normalized spacial score (nSPS) is 25.1. The first-order valence-electron chi connectivity index (χ1n) is 5.47. The van der Waals surface area contributed by atoms with Crippen LogP contribution in [0, 0.1) is 5.92 Å². The van der Waals surface area contributed by atoms with E-state index in [0.29, 0.717) is 25.7 Å². The molecule has 1 aliphatic carbocycles. The average molecular weight is 264 g/mol. The number of carboxylic acid groups (broad SMARTS) is 1. The van der Waals surface area contributed by atoms with Crippen molar-refractivity contribution >= 4 is 5.97 Å². The summed E-state index contributed by atoms with van der Waals surface area (Å²) in [5.74, 6) is -2.51. The third-order valence-corrected chi connectivity index (χ3v) is 3.14. The summed E-state index contributed by atoms with van der Waals surface area (Å²) in [6.07, 6.45) is -3.22. The summed E-state index contributed by atoms with van der Waals surface area (Å²) in [5, 5.41) is 18.2. The Bertz CT molecular complexity index is 437. The standard InChI is InChI=1S/C9H11F3N4O2/c10-9(11,12)8-13-14-15-16(8)6-3-1-5(2-4-6)7(17)18/h5-6H,1-4H2,(H,17,18). The highest BCUT2D eigenvalue weighted by molar-refractivity contribution is 5.70. The van der Waals surface area contributed by atoms with Gasteiger partial charge in [-0.05, 0) is 36.1 Å². The number of tetrazole rings is 1. The molecule has 1 aliphatic rings. The Labute approximate surface area is 99.8 Å². The average Bonchev–Trinajstić information content (AvgIpc) is 2.77. The molecule has 1 heterocycles. The van der Waals surface area contributed by atoms with Crippen molar-refractivity contribution in [3.63, 3.8) is 0 Å². The Kier molecular flexibility index (Phi) is 3.22. The summed E-state index contributed by atoms with van der Waals surface area (Å²) in [4.78, 5) is 10.7. The lowest BCUT2D eigenvalue weighted by molar-refractivity contribution is -0.150. The van der Waals surface area contributed by atoms with Gasteiger partial charge in [0.1, 0.15) is 0 Å². The highest BCUT2D eigenvalue weighted by Gasteiger charge is 2.40. The van der Waals surface area contributed by atoms with Crippen LogP contribution in [0.5, 0.6) is 0 Å². The van der Waals surface area contributed by atoms with Crippen molar-refractivity contribution in [2.75, 3.05) is 0 Å². The minimum absolute atomic E-state index is 0.338. The molecule has 0 radical (unpaired) electrons. The minimum Gasteiger partial charge on any atom is -0.481 e. The van der Waals surface area contributed by atoms with Crippen LogP contribution in [-0.4, -0.2) is 31.3 Å². The molecule has 0 saturated heterocycles. The lowest BCUT2D eigenvalue weighted by Crippen LogP contribution is -2.27. The monoisotopic (exact) mass is 264 g/mol. The van der Waals surface area contributed by atoms with Crippen LogP contribution in [0.1, 0.15) is 37.5 Å². The molecule has 1 aromatic rings. The Balaban J connectivity index is 2.11. The number of aromatic nitrogens is 4. The number of nitrogens with zero attached hydrogens (tertiary/aromatic N) is 4. The molecule has 1 fully saturated rings. The van der Waals surface area contributed by atoms with Crippen LogP contribution in [0.2, 0.25) is 0 Å². The molecule has 2 rings (SSSR count). The highest BCUT2D eigenvalue weighted by atomic mass is 19.4. The zero-order valence-electron chi connectivity index (χ0n) is 9.26. The number of carboxylic acids is 1. The van der Waals surface area contributed by atoms with Crippen molar-refractivity contribution in [1.29, 1.82) is 0 Å². The Hall–Kier alpha value is -1.67. The number of hydrogen-bond donors (Lipinski definition) is 1. The third kappa shape index (κ3) is 2.44. The van der Waals surface area contributed by atoms with Gasteiger partial charge in [-0.1, -0.05) is 0 Å². The first kappa shape index (κ1) is 12.8. The Morgan fingerprint density at radius 3 is 2.39 bits per heavy atom. The first-order chi connectivity index (χ1) is 8.39. The van der Waals surface area contributed by atoms with E-state index in [9.17, 15) is 18.0 Å². The fraction of sp³-hybridized carbons (Fsp3) is 0.778. The van der Waals surface area contributed by atoms with E-state index in [2.05, 4.69) is 15.5 Å². The van der Waals surface area contributed by atoms with Crippen molar-refractivity contribution in [2.24, 2.45) is 5.92 Å². The number of alkyl halides is 3. The Morgan fingerprint density at radius 1 is 1.28 bits per heavy atom. The molecular formula is C9H11F3N4O2. The maximum absolute atomic E-state index is 12.6. The molecule has 0 bridgehead atoms. The van der Waals surface area contributed by atoms with Gasteiger partial charge in [-0.15, -0.1) is 5.10 Å². The fourth-order valence-electron chi connectivity index (χ4n) is 2.19. The van der Waals surface area contributed by atoms with E-state index in [1.807, 2.05) is 0 Å². The van der Waals surface area contributed by atoms with E-state index in [4.69, 9.17) is 5.11 Å². The molecule has 0 spiro atoms. The molecule has 6 nitrogen and oxygen atoms in total. The second-order valence-corrected chi connectivity index (χ2v) is 4.29. The molecule has 0 unspecified atom stereocenters. The van der Waals surface area contributed by atoms with Gasteiger partial charge in [0.25, 0.3) is 5.82 Å². The van der Waals surface area contributed by atoms with Gasteiger partial charge in [0.05, 0.1) is 12.0 Å². The SMILES string of the molecule is O=C(O)C1CCC(n2nnnc2C(F)(F)F)CC1. The van der Waals surface area contributed by atoms with Crippen molar-refractivity contribution < 1.29 is 23.1 Å². The van der Waals surface area contributed by atoms with Crippen LogP contribution in [0.15, 0.2) is 0 Å². The summed E-state index contributed by atoms with van der Waals surface area (Å²) < 4.78 is 38.5. The second-order valence-electron chi connectivity index (χ2n) is 4.29. The zero-order valence-corrected chi connectivity index (χ0v) is 9.26. The number of carbonyl (C=O) groups is 1. The quantitative estimate of drug-likeness (QED) is 0.875. The largest absolute Gasteiger partial charge is 0.481 e. The second kappa shape index (κ2) is 4.54. The molecule has 1 aromatic heterocycles. The van der Waals surface area contributed by atoms with Gasteiger partial charge < -0.3 is 5.11 Å². The molecule has 0 amide bonds. The molecule has 0 aromatic carbocycles. The predicted octanol–water partition coefficient (Wildman–Crippen LogP) is 1.51. The van der Waals surface area contributed by atoms with E-state index >= 15 is 0 Å². The summed E-state index contributed by atoms with van der Waals surface area (Å²) in [6, 6.07) is -0.479. The van der Waals surface area contributed by atoms with E-state index in [0.717, 1.165) is 4.68 Å². The third-order valence-electron chi connectivity index (χ3n) is 3.14. The van der Waals surface area contributed by atoms with Crippen molar-refractivity contribution in [3.05, 3.63) is 5.82 Å². The molecule has 100 valence electrons. The number of halogens is 3. The number of hydrogen-bond acceptors (Lipinski definition) is 4. The van der Waals surface area contributed by atoms with Crippen LogP contribution in [0.4, 0.5) is 13.2 Å². The maximum atomic E-state index is 12.6. The van der Waals surface area contributed by atoms with Crippen LogP contribution in [0.25, 0.3) is 0 Å². The zero-order chi connectivity index (χ0) is 13.3. The van der Waals surface area contributed by atoms with Crippen molar-refractivity contribution in [2.45, 2.75) is 37.9 Å². The lowest BCUT2D eigenvalue weighted by Gasteiger charge is -2.26. The maximum Gasteiger partial charge on any atom is 0.453 e. The van der Waals surface area contributed by atoms with E-state index in [1.165, 1.54) is 0 Å². The van der Waals surface area contributed by atoms with Crippen LogP contribution >= 0.6 is 0 Å². The molecule has 18 heavy (non-hydrogen) atoms. The van der Waals surface area contributed by atoms with E-state index in [-0.39, 0.29) is 0 Å². The highest BCUT2D eigenvalue weighted by Crippen LogP contribution is 2.35. The van der Waals surface area contributed by atoms with Crippen molar-refractivity contribution in [3.8, 4) is 0 Å². The van der Waals surface area contributed by atoms with Gasteiger partial charge in [0.2, 0.25) is 0 Å². The molecule has 0 atom stereocenters. The lowest BCUT2D eigenvalue weighted by atomic mass is 9.86. The minimum atomic E-state index is -4.59. The molecule has 1 saturated carbocycles. The summed E-state index contributed by atoms with van der Waals surface area (Å²) >= 11 is 0. The summed E-state index contributed by atoms with van der Waals surface area (Å²) in [7, 11) is 0. The molecule has 0 aliphatic heterocycles. The first-order valence-corrected chi connectivity index (χ1v) is 5.47. The summed E-state index contributed by atoms with van der Waals surface area (Å²) in [5.41, 5.74) is 0. The predicted molar refractivity (Wildman–Crippen MR) is 51.4 cm³/mol. The topological polar surface area (TPSA) is 80.9 Å². The van der Waals surface area contributed by atoms with Crippen LogP contribution in [0.3, 0.4) is 0 Å². The molecular weight excluding hydrogens is 253 g/mol.